The molecule has 0 atom stereocenters. The number of aromatic nitrogens is 1. The molecule has 2 N–H and O–H groups in total. The summed E-state index contributed by atoms with van der Waals surface area (Å²) in [6.45, 7) is 0. The van der Waals surface area contributed by atoms with E-state index in [9.17, 15) is 4.79 Å². The van der Waals surface area contributed by atoms with E-state index < -0.39 is 0 Å². The number of thiazole rings is 1. The maximum Gasteiger partial charge on any atom is 0.232 e. The van der Waals surface area contributed by atoms with Crippen molar-refractivity contribution in [3.05, 3.63) is 33.8 Å². The van der Waals surface area contributed by atoms with E-state index in [0.717, 1.165) is 20.3 Å². The fraction of sp³-hybridized carbons (Fsp3) is 0. The molecule has 0 aliphatic heterocycles. The quantitative estimate of drug-likeness (QED) is 0.650. The van der Waals surface area contributed by atoms with E-state index in [2.05, 4.69) is 4.98 Å². The molecule has 2 heterocycles. The van der Waals surface area contributed by atoms with Crippen molar-refractivity contribution >= 4 is 48.1 Å². The zero-order valence-electron chi connectivity index (χ0n) is 7.56. The van der Waals surface area contributed by atoms with Crippen molar-refractivity contribution in [1.82, 2.24) is 4.98 Å². The van der Waals surface area contributed by atoms with Crippen LogP contribution in [-0.4, -0.2) is 4.98 Å². The SMILES string of the molecule is Nc1nc2ccc3sc(=O)ccc3c2s1. The molecule has 0 saturated carbocycles. The molecule has 3 rings (SSSR count). The van der Waals surface area contributed by atoms with Crippen LogP contribution >= 0.6 is 22.7 Å². The van der Waals surface area contributed by atoms with Crippen molar-refractivity contribution in [1.29, 1.82) is 0 Å². The lowest BCUT2D eigenvalue weighted by Crippen LogP contribution is -1.88. The average molecular weight is 234 g/mol. The van der Waals surface area contributed by atoms with Gasteiger partial charge in [-0.1, -0.05) is 22.7 Å². The highest BCUT2D eigenvalue weighted by Gasteiger charge is 2.05. The molecule has 0 radical (unpaired) electrons. The highest BCUT2D eigenvalue weighted by atomic mass is 32.1. The van der Waals surface area contributed by atoms with Gasteiger partial charge in [0, 0.05) is 10.1 Å². The van der Waals surface area contributed by atoms with Crippen LogP contribution in [0.5, 0.6) is 0 Å². The summed E-state index contributed by atoms with van der Waals surface area (Å²) >= 11 is 2.71. The minimum absolute atomic E-state index is 0.0688. The summed E-state index contributed by atoms with van der Waals surface area (Å²) in [5.41, 5.74) is 6.56. The molecule has 5 heteroatoms. The smallest absolute Gasteiger partial charge is 0.232 e. The third-order valence-corrected chi connectivity index (χ3v) is 4.02. The van der Waals surface area contributed by atoms with Crippen LogP contribution in [0.1, 0.15) is 0 Å². The Morgan fingerprint density at radius 3 is 2.87 bits per heavy atom. The van der Waals surface area contributed by atoms with Crippen molar-refractivity contribution in [2.45, 2.75) is 0 Å². The van der Waals surface area contributed by atoms with Gasteiger partial charge < -0.3 is 5.73 Å². The van der Waals surface area contributed by atoms with Gasteiger partial charge in [-0.15, -0.1) is 0 Å². The second-order valence-corrected chi connectivity index (χ2v) is 5.21. The molecule has 0 amide bonds. The number of hydrogen-bond acceptors (Lipinski definition) is 5. The average Bonchev–Trinajstić information content (AvgIpc) is 2.58. The number of nitrogens with two attached hydrogens (primary N) is 1. The van der Waals surface area contributed by atoms with E-state index in [4.69, 9.17) is 5.73 Å². The van der Waals surface area contributed by atoms with Crippen molar-refractivity contribution < 1.29 is 0 Å². The fourth-order valence-electron chi connectivity index (χ4n) is 1.55. The first-order chi connectivity index (χ1) is 7.24. The monoisotopic (exact) mass is 234 g/mol. The molecule has 0 bridgehead atoms. The van der Waals surface area contributed by atoms with Crippen LogP contribution < -0.4 is 10.5 Å². The Balaban J connectivity index is 2.59. The maximum absolute atomic E-state index is 11.2. The second-order valence-electron chi connectivity index (χ2n) is 3.13. The lowest BCUT2D eigenvalue weighted by Gasteiger charge is -1.95. The number of benzene rings is 1. The molecule has 0 fully saturated rings. The minimum atomic E-state index is 0.0688. The zero-order valence-corrected chi connectivity index (χ0v) is 9.19. The van der Waals surface area contributed by atoms with Crippen molar-refractivity contribution in [3.63, 3.8) is 0 Å². The van der Waals surface area contributed by atoms with Crippen LogP contribution in [0.25, 0.3) is 20.3 Å². The van der Waals surface area contributed by atoms with Gasteiger partial charge in [0.05, 0.1) is 10.2 Å². The lowest BCUT2D eigenvalue weighted by atomic mass is 10.2. The van der Waals surface area contributed by atoms with Gasteiger partial charge in [-0.2, -0.15) is 0 Å². The molecule has 0 saturated heterocycles. The van der Waals surface area contributed by atoms with Gasteiger partial charge in [-0.25, -0.2) is 4.98 Å². The summed E-state index contributed by atoms with van der Waals surface area (Å²) < 4.78 is 2.11. The summed E-state index contributed by atoms with van der Waals surface area (Å²) in [5, 5.41) is 1.63. The first kappa shape index (κ1) is 8.82. The Kier molecular flexibility index (Phi) is 1.77. The van der Waals surface area contributed by atoms with Gasteiger partial charge in [0.15, 0.2) is 5.13 Å². The predicted octanol–water partition coefficient (Wildman–Crippen LogP) is 2.45. The Hall–Kier alpha value is -1.46. The van der Waals surface area contributed by atoms with Crippen LogP contribution in [0, 0.1) is 0 Å². The molecule has 0 spiro atoms. The Morgan fingerprint density at radius 2 is 2.00 bits per heavy atom. The Labute approximate surface area is 92.8 Å². The van der Waals surface area contributed by atoms with E-state index in [0.29, 0.717) is 5.13 Å². The number of hydrogen-bond donors (Lipinski definition) is 1. The molecule has 0 aliphatic rings. The predicted molar refractivity (Wildman–Crippen MR) is 65.7 cm³/mol. The highest BCUT2D eigenvalue weighted by molar-refractivity contribution is 7.24. The summed E-state index contributed by atoms with van der Waals surface area (Å²) in [6.07, 6.45) is 0. The van der Waals surface area contributed by atoms with Crippen LogP contribution in [0.2, 0.25) is 0 Å². The molecule has 15 heavy (non-hydrogen) atoms. The first-order valence-corrected chi connectivity index (χ1v) is 5.96. The summed E-state index contributed by atoms with van der Waals surface area (Å²) in [7, 11) is 0. The summed E-state index contributed by atoms with van der Waals surface area (Å²) in [4.78, 5) is 15.4. The van der Waals surface area contributed by atoms with Gasteiger partial charge in [-0.05, 0) is 24.3 Å². The molecular formula is C10H6N2OS2. The highest BCUT2D eigenvalue weighted by Crippen LogP contribution is 2.31. The lowest BCUT2D eigenvalue weighted by molar-refractivity contribution is 1.50. The van der Waals surface area contributed by atoms with Gasteiger partial charge in [-0.3, -0.25) is 4.79 Å². The normalized spacial score (nSPS) is 11.2. The van der Waals surface area contributed by atoms with E-state index >= 15 is 0 Å². The van der Waals surface area contributed by atoms with E-state index in [-0.39, 0.29) is 4.74 Å². The molecule has 0 unspecified atom stereocenters. The van der Waals surface area contributed by atoms with Crippen LogP contribution in [0.3, 0.4) is 0 Å². The standard InChI is InChI=1S/C10H6N2OS2/c11-10-12-6-2-3-7-5(9(6)15-10)1-4-8(13)14-7/h1-4H,(H2,11,12). The first-order valence-electron chi connectivity index (χ1n) is 4.33. The number of nitrogens with zero attached hydrogens (tertiary/aromatic N) is 1. The maximum atomic E-state index is 11.2. The fourth-order valence-corrected chi connectivity index (χ4v) is 3.24. The molecule has 0 aliphatic carbocycles. The van der Waals surface area contributed by atoms with Crippen molar-refractivity contribution in [3.8, 4) is 0 Å². The zero-order chi connectivity index (χ0) is 10.4. The topological polar surface area (TPSA) is 56.0 Å². The number of fused-ring (bicyclic) bond motifs is 3. The largest absolute Gasteiger partial charge is 0.375 e. The van der Waals surface area contributed by atoms with E-state index in [1.807, 2.05) is 18.2 Å². The number of anilines is 1. The summed E-state index contributed by atoms with van der Waals surface area (Å²) in [5.74, 6) is 0. The molecule has 1 aromatic carbocycles. The van der Waals surface area contributed by atoms with E-state index in [1.165, 1.54) is 22.7 Å². The van der Waals surface area contributed by atoms with Crippen molar-refractivity contribution in [2.24, 2.45) is 0 Å². The van der Waals surface area contributed by atoms with Gasteiger partial charge in [0.2, 0.25) is 4.74 Å². The van der Waals surface area contributed by atoms with Gasteiger partial charge in [0.25, 0.3) is 0 Å². The van der Waals surface area contributed by atoms with Gasteiger partial charge in [0.1, 0.15) is 0 Å². The van der Waals surface area contributed by atoms with Crippen molar-refractivity contribution in [2.75, 3.05) is 5.73 Å². The van der Waals surface area contributed by atoms with Crippen LogP contribution in [0.4, 0.5) is 5.13 Å². The number of nitrogen functional groups attached to an aromatic ring is 1. The van der Waals surface area contributed by atoms with Crippen LogP contribution in [0.15, 0.2) is 29.1 Å². The third kappa shape index (κ3) is 1.32. The van der Waals surface area contributed by atoms with E-state index in [1.54, 1.807) is 6.07 Å². The molecule has 3 aromatic rings. The van der Waals surface area contributed by atoms with Crippen LogP contribution in [-0.2, 0) is 0 Å². The Bertz CT molecular complexity index is 714. The molecular weight excluding hydrogens is 228 g/mol. The van der Waals surface area contributed by atoms with Gasteiger partial charge >= 0.3 is 0 Å². The molecule has 74 valence electrons. The second kappa shape index (κ2) is 3.01. The number of rotatable bonds is 0. The third-order valence-electron chi connectivity index (χ3n) is 2.17. The molecule has 3 nitrogen and oxygen atoms in total. The Morgan fingerprint density at radius 1 is 1.13 bits per heavy atom. The molecule has 2 aromatic heterocycles. The minimum Gasteiger partial charge on any atom is -0.375 e. The summed E-state index contributed by atoms with van der Waals surface area (Å²) in [6, 6.07) is 7.25.